The number of hydrogen-bond donors (Lipinski definition) is 2. The Kier molecular flexibility index (Phi) is 1.57. The molecule has 0 bridgehead atoms. The monoisotopic (exact) mass is 164 g/mol. The van der Waals surface area contributed by atoms with E-state index in [9.17, 15) is 0 Å². The van der Waals surface area contributed by atoms with Gasteiger partial charge in [-0.05, 0) is 18.9 Å². The van der Waals surface area contributed by atoms with Crippen LogP contribution in [0, 0.1) is 0 Å². The summed E-state index contributed by atoms with van der Waals surface area (Å²) in [5, 5.41) is 0. The summed E-state index contributed by atoms with van der Waals surface area (Å²) in [5.74, 6) is 0.787. The smallest absolute Gasteiger partial charge is 0.123 e. The van der Waals surface area contributed by atoms with Gasteiger partial charge in [-0.25, -0.2) is 0 Å². The molecule has 3 heteroatoms. The number of ether oxygens (including phenoxy) is 1. The van der Waals surface area contributed by atoms with Gasteiger partial charge < -0.3 is 16.2 Å². The van der Waals surface area contributed by atoms with Crippen LogP contribution in [0.4, 0.5) is 11.4 Å². The quantitative estimate of drug-likeness (QED) is 0.649. The molecule has 64 valence electrons. The van der Waals surface area contributed by atoms with Crippen molar-refractivity contribution in [2.24, 2.45) is 0 Å². The molecular formula is C9H12N2O. The second-order valence-corrected chi connectivity index (χ2v) is 3.15. The summed E-state index contributed by atoms with van der Waals surface area (Å²) in [6, 6.07) is 5.32. The van der Waals surface area contributed by atoms with Gasteiger partial charge in [0.1, 0.15) is 5.75 Å². The van der Waals surface area contributed by atoms with Gasteiger partial charge in [-0.3, -0.25) is 0 Å². The average molecular weight is 164 g/mol. The number of anilines is 2. The van der Waals surface area contributed by atoms with E-state index in [1.165, 1.54) is 0 Å². The van der Waals surface area contributed by atoms with E-state index in [0.717, 1.165) is 18.6 Å². The highest BCUT2D eigenvalue weighted by atomic mass is 16.5. The van der Waals surface area contributed by atoms with Gasteiger partial charge in [-0.1, -0.05) is 0 Å². The van der Waals surface area contributed by atoms with E-state index in [0.29, 0.717) is 17.5 Å². The minimum absolute atomic E-state index is 0.395. The minimum Gasteiger partial charge on any atom is -0.490 e. The summed E-state index contributed by atoms with van der Waals surface area (Å²) in [6.07, 6.45) is 2.69. The lowest BCUT2D eigenvalue weighted by atomic mass is 10.3. The molecule has 0 spiro atoms. The highest BCUT2D eigenvalue weighted by Crippen LogP contribution is 2.29. The standard InChI is InChI=1S/C9H12N2O/c10-6-3-7(11)5-9(4-6)12-8-1-2-8/h3-5,8H,1-2,10-11H2. The van der Waals surface area contributed by atoms with E-state index < -0.39 is 0 Å². The molecule has 1 aliphatic rings. The molecule has 0 heterocycles. The lowest BCUT2D eigenvalue weighted by Crippen LogP contribution is -1.98. The zero-order valence-electron chi connectivity index (χ0n) is 6.79. The third-order valence-electron chi connectivity index (χ3n) is 1.78. The van der Waals surface area contributed by atoms with Crippen molar-refractivity contribution in [2.45, 2.75) is 18.9 Å². The summed E-state index contributed by atoms with van der Waals surface area (Å²) in [7, 11) is 0. The van der Waals surface area contributed by atoms with E-state index in [2.05, 4.69) is 0 Å². The predicted octanol–water partition coefficient (Wildman–Crippen LogP) is 1.39. The van der Waals surface area contributed by atoms with Crippen LogP contribution in [0.5, 0.6) is 5.75 Å². The molecule has 0 atom stereocenters. The molecule has 3 nitrogen and oxygen atoms in total. The third kappa shape index (κ3) is 1.61. The summed E-state index contributed by atoms with van der Waals surface area (Å²) in [5.41, 5.74) is 12.5. The first kappa shape index (κ1) is 7.28. The molecule has 0 aromatic heterocycles. The first-order valence-corrected chi connectivity index (χ1v) is 4.07. The Labute approximate surface area is 71.3 Å². The molecule has 4 N–H and O–H groups in total. The molecule has 0 aliphatic heterocycles. The number of nitrogens with two attached hydrogens (primary N) is 2. The van der Waals surface area contributed by atoms with Crippen LogP contribution in [0.15, 0.2) is 18.2 Å². The van der Waals surface area contributed by atoms with Crippen molar-refractivity contribution in [2.75, 3.05) is 11.5 Å². The molecule has 1 fully saturated rings. The first-order chi connectivity index (χ1) is 5.74. The topological polar surface area (TPSA) is 61.3 Å². The van der Waals surface area contributed by atoms with E-state index in [4.69, 9.17) is 16.2 Å². The number of benzene rings is 1. The molecule has 0 amide bonds. The van der Waals surface area contributed by atoms with Crippen LogP contribution >= 0.6 is 0 Å². The second-order valence-electron chi connectivity index (χ2n) is 3.15. The van der Waals surface area contributed by atoms with Crippen LogP contribution in [0.3, 0.4) is 0 Å². The Balaban J connectivity index is 2.18. The van der Waals surface area contributed by atoms with Crippen molar-refractivity contribution in [3.63, 3.8) is 0 Å². The van der Waals surface area contributed by atoms with Crippen molar-refractivity contribution >= 4 is 11.4 Å². The molecule has 1 aliphatic carbocycles. The fraction of sp³-hybridized carbons (Fsp3) is 0.333. The Morgan fingerprint density at radius 2 is 1.67 bits per heavy atom. The normalized spacial score (nSPS) is 16.0. The highest BCUT2D eigenvalue weighted by Gasteiger charge is 2.23. The van der Waals surface area contributed by atoms with Gasteiger partial charge in [-0.2, -0.15) is 0 Å². The predicted molar refractivity (Wildman–Crippen MR) is 48.9 cm³/mol. The first-order valence-electron chi connectivity index (χ1n) is 4.07. The van der Waals surface area contributed by atoms with Crippen LogP contribution < -0.4 is 16.2 Å². The molecule has 12 heavy (non-hydrogen) atoms. The van der Waals surface area contributed by atoms with Crippen molar-refractivity contribution in [3.8, 4) is 5.75 Å². The van der Waals surface area contributed by atoms with Gasteiger partial charge in [0.05, 0.1) is 6.10 Å². The molecule has 0 unspecified atom stereocenters. The van der Waals surface area contributed by atoms with Crippen molar-refractivity contribution in [1.82, 2.24) is 0 Å². The molecule has 0 radical (unpaired) electrons. The van der Waals surface area contributed by atoms with Gasteiger partial charge in [0.25, 0.3) is 0 Å². The molecule has 1 aromatic carbocycles. The number of hydrogen-bond acceptors (Lipinski definition) is 3. The fourth-order valence-corrected chi connectivity index (χ4v) is 1.09. The third-order valence-corrected chi connectivity index (χ3v) is 1.78. The Morgan fingerprint density at radius 3 is 2.17 bits per heavy atom. The maximum Gasteiger partial charge on any atom is 0.123 e. The minimum atomic E-state index is 0.395. The summed E-state index contributed by atoms with van der Waals surface area (Å²) < 4.78 is 5.53. The van der Waals surface area contributed by atoms with Gasteiger partial charge >= 0.3 is 0 Å². The molecular weight excluding hydrogens is 152 g/mol. The van der Waals surface area contributed by atoms with E-state index in [1.807, 2.05) is 0 Å². The van der Waals surface area contributed by atoms with E-state index in [1.54, 1.807) is 18.2 Å². The summed E-state index contributed by atoms with van der Waals surface area (Å²) in [6.45, 7) is 0. The maximum atomic E-state index is 5.60. The SMILES string of the molecule is Nc1cc(N)cc(OC2CC2)c1. The molecule has 1 saturated carbocycles. The Hall–Kier alpha value is -1.38. The van der Waals surface area contributed by atoms with Gasteiger partial charge in [0.15, 0.2) is 0 Å². The Morgan fingerprint density at radius 1 is 1.08 bits per heavy atom. The largest absolute Gasteiger partial charge is 0.490 e. The van der Waals surface area contributed by atoms with Crippen molar-refractivity contribution in [3.05, 3.63) is 18.2 Å². The highest BCUT2D eigenvalue weighted by molar-refractivity contribution is 5.56. The molecule has 0 saturated heterocycles. The average Bonchev–Trinajstić information content (AvgIpc) is 2.68. The van der Waals surface area contributed by atoms with Gasteiger partial charge in [0.2, 0.25) is 0 Å². The Bertz CT molecular complexity index is 274. The molecule has 2 rings (SSSR count). The number of nitrogen functional groups attached to an aromatic ring is 2. The zero-order chi connectivity index (χ0) is 8.55. The van der Waals surface area contributed by atoms with Crippen molar-refractivity contribution < 1.29 is 4.74 Å². The van der Waals surface area contributed by atoms with E-state index >= 15 is 0 Å². The summed E-state index contributed by atoms with van der Waals surface area (Å²) >= 11 is 0. The van der Waals surface area contributed by atoms with Crippen LogP contribution in [0.1, 0.15) is 12.8 Å². The zero-order valence-corrected chi connectivity index (χ0v) is 6.79. The van der Waals surface area contributed by atoms with Crippen LogP contribution in [-0.2, 0) is 0 Å². The van der Waals surface area contributed by atoms with Gasteiger partial charge in [0, 0.05) is 23.5 Å². The van der Waals surface area contributed by atoms with Crippen LogP contribution in [0.2, 0.25) is 0 Å². The fourth-order valence-electron chi connectivity index (χ4n) is 1.09. The lowest BCUT2D eigenvalue weighted by Gasteiger charge is -2.05. The van der Waals surface area contributed by atoms with E-state index in [-0.39, 0.29) is 0 Å². The van der Waals surface area contributed by atoms with Crippen LogP contribution in [-0.4, -0.2) is 6.10 Å². The summed E-state index contributed by atoms with van der Waals surface area (Å²) in [4.78, 5) is 0. The van der Waals surface area contributed by atoms with Gasteiger partial charge in [-0.15, -0.1) is 0 Å². The van der Waals surface area contributed by atoms with Crippen molar-refractivity contribution in [1.29, 1.82) is 0 Å². The van der Waals surface area contributed by atoms with Crippen LogP contribution in [0.25, 0.3) is 0 Å². The maximum absolute atomic E-state index is 5.60. The number of rotatable bonds is 2. The second kappa shape index (κ2) is 2.59. The lowest BCUT2D eigenvalue weighted by molar-refractivity contribution is 0.303. The molecule has 1 aromatic rings.